The normalized spacial score (nSPS) is 12.4. The fourth-order valence-electron chi connectivity index (χ4n) is 2.01. The summed E-state index contributed by atoms with van der Waals surface area (Å²) >= 11 is 0. The minimum atomic E-state index is -0.679. The van der Waals surface area contributed by atoms with Crippen molar-refractivity contribution in [1.29, 1.82) is 0 Å². The molecule has 0 aliphatic heterocycles. The van der Waals surface area contributed by atoms with E-state index in [0.717, 1.165) is 44.9 Å². The standard InChI is InChI=1S/C20H32O2/c1-2-3-4-5-6-7-8-9-10-11-12-13-14-15-16-17-18-19-20(21)22/h3-4,6-7,9-12H,2,5,8,13-19H2,1H3,(H,21,22)/b4-3-,7-6-,10-9-,12-11+. The molecule has 0 atom stereocenters. The number of carboxylic acid groups (broad SMARTS) is 1. The maximum atomic E-state index is 10.3. The largest absolute Gasteiger partial charge is 0.481 e. The van der Waals surface area contributed by atoms with Gasteiger partial charge in [0.1, 0.15) is 0 Å². The first-order valence-electron chi connectivity index (χ1n) is 8.60. The third kappa shape index (κ3) is 18.4. The van der Waals surface area contributed by atoms with Gasteiger partial charge < -0.3 is 5.11 Å². The van der Waals surface area contributed by atoms with Crippen LogP contribution >= 0.6 is 0 Å². The number of unbranched alkanes of at least 4 members (excludes halogenated alkanes) is 5. The molecule has 0 spiro atoms. The fourth-order valence-corrected chi connectivity index (χ4v) is 2.01. The number of aliphatic carboxylic acids is 1. The van der Waals surface area contributed by atoms with Crippen molar-refractivity contribution in [2.75, 3.05) is 0 Å². The molecule has 1 N–H and O–H groups in total. The lowest BCUT2D eigenvalue weighted by Gasteiger charge is -1.97. The van der Waals surface area contributed by atoms with Gasteiger partial charge in [-0.1, -0.05) is 74.8 Å². The minimum Gasteiger partial charge on any atom is -0.481 e. The zero-order valence-corrected chi connectivity index (χ0v) is 14.0. The van der Waals surface area contributed by atoms with Crippen LogP contribution in [0.4, 0.5) is 0 Å². The number of hydrogen-bond acceptors (Lipinski definition) is 1. The Morgan fingerprint density at radius 3 is 2.09 bits per heavy atom. The molecule has 0 saturated heterocycles. The molecule has 0 aromatic rings. The van der Waals surface area contributed by atoms with Gasteiger partial charge in [0.15, 0.2) is 0 Å². The van der Waals surface area contributed by atoms with Crippen LogP contribution in [0.25, 0.3) is 0 Å². The van der Waals surface area contributed by atoms with Crippen molar-refractivity contribution in [3.8, 4) is 0 Å². The van der Waals surface area contributed by atoms with Gasteiger partial charge >= 0.3 is 5.97 Å². The molecular weight excluding hydrogens is 272 g/mol. The predicted octanol–water partition coefficient (Wildman–Crippen LogP) is 6.22. The molecule has 2 heteroatoms. The second kappa shape index (κ2) is 17.5. The molecule has 0 aliphatic carbocycles. The molecular formula is C20H32O2. The van der Waals surface area contributed by atoms with E-state index in [1.165, 1.54) is 12.8 Å². The molecule has 0 radical (unpaired) electrons. The fraction of sp³-hybridized carbons (Fsp3) is 0.550. The maximum absolute atomic E-state index is 10.3. The lowest BCUT2D eigenvalue weighted by Crippen LogP contribution is -1.93. The van der Waals surface area contributed by atoms with Crippen LogP contribution in [0.5, 0.6) is 0 Å². The smallest absolute Gasteiger partial charge is 0.303 e. The summed E-state index contributed by atoms with van der Waals surface area (Å²) in [6.45, 7) is 2.15. The van der Waals surface area contributed by atoms with Crippen LogP contribution in [0.1, 0.15) is 71.1 Å². The minimum absolute atomic E-state index is 0.314. The van der Waals surface area contributed by atoms with Crippen LogP contribution in [0.15, 0.2) is 48.6 Å². The van der Waals surface area contributed by atoms with E-state index in [1.807, 2.05) is 0 Å². The van der Waals surface area contributed by atoms with Gasteiger partial charge in [-0.15, -0.1) is 0 Å². The lowest BCUT2D eigenvalue weighted by molar-refractivity contribution is -0.137. The summed E-state index contributed by atoms with van der Waals surface area (Å²) in [4.78, 5) is 10.3. The van der Waals surface area contributed by atoms with Crippen molar-refractivity contribution >= 4 is 5.97 Å². The van der Waals surface area contributed by atoms with Crippen molar-refractivity contribution in [3.05, 3.63) is 48.6 Å². The van der Waals surface area contributed by atoms with Crippen LogP contribution in [0, 0.1) is 0 Å². The van der Waals surface area contributed by atoms with Crippen LogP contribution in [-0.2, 0) is 4.79 Å². The van der Waals surface area contributed by atoms with Crippen molar-refractivity contribution in [2.45, 2.75) is 71.1 Å². The van der Waals surface area contributed by atoms with E-state index in [1.54, 1.807) is 0 Å². The van der Waals surface area contributed by atoms with Crippen molar-refractivity contribution in [2.24, 2.45) is 0 Å². The number of carbonyl (C=O) groups is 1. The van der Waals surface area contributed by atoms with E-state index < -0.39 is 5.97 Å². The Labute approximate surface area is 136 Å². The number of allylic oxidation sites excluding steroid dienone is 8. The van der Waals surface area contributed by atoms with Gasteiger partial charge in [0.25, 0.3) is 0 Å². The number of carboxylic acids is 1. The first-order chi connectivity index (χ1) is 10.8. The van der Waals surface area contributed by atoms with Gasteiger partial charge in [-0.3, -0.25) is 4.79 Å². The molecule has 0 saturated carbocycles. The second-order valence-corrected chi connectivity index (χ2v) is 5.38. The average molecular weight is 304 g/mol. The summed E-state index contributed by atoms with van der Waals surface area (Å²) in [5.41, 5.74) is 0. The Bertz CT molecular complexity index is 362. The molecule has 0 fully saturated rings. The average Bonchev–Trinajstić information content (AvgIpc) is 2.50. The van der Waals surface area contributed by atoms with E-state index in [0.29, 0.717) is 6.42 Å². The first-order valence-corrected chi connectivity index (χ1v) is 8.60. The van der Waals surface area contributed by atoms with Gasteiger partial charge in [0, 0.05) is 6.42 Å². The highest BCUT2D eigenvalue weighted by molar-refractivity contribution is 5.66. The van der Waals surface area contributed by atoms with Crippen LogP contribution in [-0.4, -0.2) is 11.1 Å². The maximum Gasteiger partial charge on any atom is 0.303 e. The molecule has 0 amide bonds. The topological polar surface area (TPSA) is 37.3 Å². The molecule has 0 aromatic carbocycles. The molecule has 0 unspecified atom stereocenters. The van der Waals surface area contributed by atoms with E-state index >= 15 is 0 Å². The molecule has 0 aromatic heterocycles. The van der Waals surface area contributed by atoms with Crippen molar-refractivity contribution in [3.63, 3.8) is 0 Å². The van der Waals surface area contributed by atoms with Crippen molar-refractivity contribution < 1.29 is 9.90 Å². The highest BCUT2D eigenvalue weighted by Crippen LogP contribution is 2.07. The summed E-state index contributed by atoms with van der Waals surface area (Å²) < 4.78 is 0. The van der Waals surface area contributed by atoms with Gasteiger partial charge in [-0.05, 0) is 38.5 Å². The van der Waals surface area contributed by atoms with Gasteiger partial charge in [0.05, 0.1) is 0 Å². The Hall–Kier alpha value is -1.57. The Kier molecular flexibility index (Phi) is 16.2. The van der Waals surface area contributed by atoms with E-state index in [9.17, 15) is 4.79 Å². The summed E-state index contributed by atoms with van der Waals surface area (Å²) in [6, 6.07) is 0. The van der Waals surface area contributed by atoms with E-state index in [-0.39, 0.29) is 0 Å². The highest BCUT2D eigenvalue weighted by Gasteiger charge is 1.95. The highest BCUT2D eigenvalue weighted by atomic mass is 16.4. The first kappa shape index (κ1) is 20.4. The van der Waals surface area contributed by atoms with Crippen molar-refractivity contribution in [1.82, 2.24) is 0 Å². The molecule has 0 bridgehead atoms. The SMILES string of the molecule is CC/C=C\C/C=C\C/C=C\C=C\CCCCCCCC(=O)O. The lowest BCUT2D eigenvalue weighted by atomic mass is 10.1. The summed E-state index contributed by atoms with van der Waals surface area (Å²) in [6.07, 6.45) is 27.3. The predicted molar refractivity (Wildman–Crippen MR) is 96.0 cm³/mol. The zero-order valence-electron chi connectivity index (χ0n) is 14.0. The van der Waals surface area contributed by atoms with Gasteiger partial charge in [0.2, 0.25) is 0 Å². The van der Waals surface area contributed by atoms with E-state index in [2.05, 4.69) is 55.5 Å². The quantitative estimate of drug-likeness (QED) is 0.235. The zero-order chi connectivity index (χ0) is 16.3. The molecule has 22 heavy (non-hydrogen) atoms. The Morgan fingerprint density at radius 1 is 0.773 bits per heavy atom. The van der Waals surface area contributed by atoms with Crippen LogP contribution in [0.3, 0.4) is 0 Å². The second-order valence-electron chi connectivity index (χ2n) is 5.38. The molecule has 0 heterocycles. The molecule has 0 aliphatic rings. The number of hydrogen-bond donors (Lipinski definition) is 1. The third-order valence-electron chi connectivity index (χ3n) is 3.26. The molecule has 2 nitrogen and oxygen atoms in total. The number of rotatable bonds is 14. The summed E-state index contributed by atoms with van der Waals surface area (Å²) in [7, 11) is 0. The van der Waals surface area contributed by atoms with Crippen LogP contribution in [0.2, 0.25) is 0 Å². The van der Waals surface area contributed by atoms with Gasteiger partial charge in [-0.25, -0.2) is 0 Å². The summed E-state index contributed by atoms with van der Waals surface area (Å²) in [5, 5.41) is 8.52. The third-order valence-corrected chi connectivity index (χ3v) is 3.26. The Balaban J connectivity index is 3.34. The van der Waals surface area contributed by atoms with E-state index in [4.69, 9.17) is 5.11 Å². The summed E-state index contributed by atoms with van der Waals surface area (Å²) in [5.74, 6) is -0.679. The Morgan fingerprint density at radius 2 is 1.36 bits per heavy atom. The van der Waals surface area contributed by atoms with Gasteiger partial charge in [-0.2, -0.15) is 0 Å². The molecule has 124 valence electrons. The molecule has 0 rings (SSSR count). The van der Waals surface area contributed by atoms with Crippen LogP contribution < -0.4 is 0 Å². The monoisotopic (exact) mass is 304 g/mol.